The zero-order chi connectivity index (χ0) is 24.9. The molecule has 0 saturated carbocycles. The fourth-order valence-electron chi connectivity index (χ4n) is 3.52. The van der Waals surface area contributed by atoms with Crippen molar-refractivity contribution in [3.8, 4) is 0 Å². The van der Waals surface area contributed by atoms with Gasteiger partial charge in [0.15, 0.2) is 19.3 Å². The van der Waals surface area contributed by atoms with E-state index in [2.05, 4.69) is 45.4 Å². The fourth-order valence-corrected chi connectivity index (χ4v) is 4.71. The van der Waals surface area contributed by atoms with Crippen LogP contribution in [0.3, 0.4) is 0 Å². The predicted molar refractivity (Wildman–Crippen MR) is 143 cm³/mol. The van der Waals surface area contributed by atoms with Crippen molar-refractivity contribution in [3.63, 3.8) is 0 Å². The summed E-state index contributed by atoms with van der Waals surface area (Å²) in [5, 5.41) is 0.650. The summed E-state index contributed by atoms with van der Waals surface area (Å²) in [4.78, 5) is 17.5. The molecule has 0 spiro atoms. The molecule has 0 aliphatic carbocycles. The maximum absolute atomic E-state index is 12.8. The smallest absolute Gasteiger partial charge is 0.193 e. The van der Waals surface area contributed by atoms with Gasteiger partial charge in [0.2, 0.25) is 0 Å². The molecule has 0 N–H and O–H groups in total. The number of rotatable bonds is 10. The summed E-state index contributed by atoms with van der Waals surface area (Å²) < 4.78 is 8.71. The lowest BCUT2D eigenvalue weighted by Crippen LogP contribution is -2.40. The molecule has 0 aliphatic heterocycles. The van der Waals surface area contributed by atoms with Crippen LogP contribution in [-0.2, 0) is 24.0 Å². The number of ketones is 1. The summed E-state index contributed by atoms with van der Waals surface area (Å²) in [5.74, 6) is 1.02. The number of benzene rings is 2. The molecule has 1 heterocycles. The lowest BCUT2D eigenvalue weighted by atomic mass is 10.0. The molecule has 0 unspecified atom stereocenters. The second-order valence-corrected chi connectivity index (χ2v) is 15.6. The minimum Gasteiger partial charge on any atom is -0.411 e. The molecule has 0 atom stereocenters. The second kappa shape index (κ2) is 11.0. The van der Waals surface area contributed by atoms with E-state index in [1.165, 1.54) is 0 Å². The zero-order valence-corrected chi connectivity index (χ0v) is 23.1. The van der Waals surface area contributed by atoms with Crippen molar-refractivity contribution in [1.29, 1.82) is 0 Å². The van der Waals surface area contributed by atoms with Crippen LogP contribution < -0.4 is 0 Å². The van der Waals surface area contributed by atoms with Gasteiger partial charge in [0, 0.05) is 24.1 Å². The Kier molecular flexibility index (Phi) is 8.55. The summed E-state index contributed by atoms with van der Waals surface area (Å²) in [6, 6.07) is 17.2. The topological polar surface area (TPSA) is 44.1 Å². The van der Waals surface area contributed by atoms with Gasteiger partial charge in [-0.2, -0.15) is 0 Å². The first kappa shape index (κ1) is 26.4. The number of carbonyl (C=O) groups is 1. The third-order valence-corrected chi connectivity index (χ3v) is 11.6. The highest BCUT2D eigenvalue weighted by Gasteiger charge is 2.37. The van der Waals surface area contributed by atoms with Gasteiger partial charge < -0.3 is 8.99 Å². The number of unbranched alkanes of at least 4 members (excludes halogenated alkanes) is 1. The molecule has 0 bridgehead atoms. The maximum atomic E-state index is 12.8. The molecule has 0 fully saturated rings. The number of halogens is 1. The number of aromatic nitrogens is 2. The highest BCUT2D eigenvalue weighted by atomic mass is 35.5. The van der Waals surface area contributed by atoms with Gasteiger partial charge in [0.05, 0.1) is 12.3 Å². The monoisotopic (exact) mass is 496 g/mol. The Morgan fingerprint density at radius 3 is 2.24 bits per heavy atom. The fraction of sp³-hybridized carbons (Fsp3) is 0.429. The average Bonchev–Trinajstić information content (AvgIpc) is 3.10. The molecule has 6 heteroatoms. The number of imidazole rings is 1. The highest BCUT2D eigenvalue weighted by molar-refractivity contribution is 6.74. The Bertz CT molecular complexity index is 1100. The number of aryl methyl sites for hydroxylation is 1. The molecular formula is C28H37ClN2O2Si. The summed E-state index contributed by atoms with van der Waals surface area (Å²) in [7, 11) is -1.93. The zero-order valence-electron chi connectivity index (χ0n) is 21.3. The van der Waals surface area contributed by atoms with Crippen LogP contribution in [-0.4, -0.2) is 23.7 Å². The maximum Gasteiger partial charge on any atom is 0.193 e. The minimum absolute atomic E-state index is 0.0323. The van der Waals surface area contributed by atoms with E-state index in [0.29, 0.717) is 29.4 Å². The normalized spacial score (nSPS) is 12.2. The molecular weight excluding hydrogens is 460 g/mol. The molecule has 0 aliphatic rings. The number of hydrogen-bond donors (Lipinski definition) is 0. The van der Waals surface area contributed by atoms with Crippen LogP contribution in [0, 0.1) is 0 Å². The van der Waals surface area contributed by atoms with E-state index in [9.17, 15) is 4.79 Å². The molecule has 3 aromatic rings. The van der Waals surface area contributed by atoms with Crippen molar-refractivity contribution in [2.45, 2.75) is 78.2 Å². The Hall–Kier alpha value is -2.21. The van der Waals surface area contributed by atoms with Crippen LogP contribution >= 0.6 is 11.6 Å². The van der Waals surface area contributed by atoms with E-state index in [1.807, 2.05) is 54.6 Å². The summed E-state index contributed by atoms with van der Waals surface area (Å²) >= 11 is 6.63. The van der Waals surface area contributed by atoms with Crippen LogP contribution in [0.15, 0.2) is 54.6 Å². The molecule has 1 aromatic heterocycles. The van der Waals surface area contributed by atoms with Gasteiger partial charge in [0.1, 0.15) is 5.82 Å². The SMILES string of the molecule is CCCCc1nc(Cl)c(CO[Si](C)(C)C(C)(C)C)n1Cc1ccc(C(=O)c2ccccc2)cc1. The lowest BCUT2D eigenvalue weighted by molar-refractivity contribution is 0.103. The predicted octanol–water partition coefficient (Wildman–Crippen LogP) is 7.68. The Morgan fingerprint density at radius 2 is 1.65 bits per heavy atom. The standard InChI is InChI=1S/C28H37ClN2O2Si/c1-7-8-14-25-30-27(29)24(20-33-34(5,6)28(2,3)4)31(25)19-21-15-17-23(18-16-21)26(32)22-12-10-9-11-13-22/h9-13,15-18H,7-8,14,19-20H2,1-6H3. The molecule has 34 heavy (non-hydrogen) atoms. The number of hydrogen-bond acceptors (Lipinski definition) is 3. The summed E-state index contributed by atoms with van der Waals surface area (Å²) in [5.41, 5.74) is 3.42. The largest absolute Gasteiger partial charge is 0.411 e. The Morgan fingerprint density at radius 1 is 1.03 bits per heavy atom. The second-order valence-electron chi connectivity index (χ2n) is 10.4. The van der Waals surface area contributed by atoms with E-state index >= 15 is 0 Å². The molecule has 0 radical (unpaired) electrons. The average molecular weight is 497 g/mol. The first-order valence-corrected chi connectivity index (χ1v) is 15.4. The lowest BCUT2D eigenvalue weighted by Gasteiger charge is -2.36. The Labute approximate surface area is 210 Å². The van der Waals surface area contributed by atoms with Crippen molar-refractivity contribution in [1.82, 2.24) is 9.55 Å². The van der Waals surface area contributed by atoms with E-state index in [0.717, 1.165) is 36.3 Å². The van der Waals surface area contributed by atoms with Crippen LogP contribution in [0.5, 0.6) is 0 Å². The first-order valence-electron chi connectivity index (χ1n) is 12.1. The van der Waals surface area contributed by atoms with Gasteiger partial charge in [-0.05, 0) is 30.1 Å². The van der Waals surface area contributed by atoms with Crippen molar-refractivity contribution in [2.75, 3.05) is 0 Å². The molecule has 0 saturated heterocycles. The van der Waals surface area contributed by atoms with Gasteiger partial charge in [0.25, 0.3) is 0 Å². The van der Waals surface area contributed by atoms with Crippen molar-refractivity contribution >= 4 is 25.7 Å². The highest BCUT2D eigenvalue weighted by Crippen LogP contribution is 2.37. The third-order valence-electron chi connectivity index (χ3n) is 6.83. The molecule has 3 rings (SSSR count). The van der Waals surface area contributed by atoms with E-state index < -0.39 is 8.32 Å². The molecule has 182 valence electrons. The Balaban J connectivity index is 1.85. The quantitative estimate of drug-likeness (QED) is 0.213. The summed E-state index contributed by atoms with van der Waals surface area (Å²) in [6.07, 6.45) is 3.03. The van der Waals surface area contributed by atoms with Crippen LogP contribution in [0.1, 0.15) is 73.5 Å². The number of nitrogens with zero attached hydrogens (tertiary/aromatic N) is 2. The minimum atomic E-state index is -1.93. The van der Waals surface area contributed by atoms with Gasteiger partial charge in [-0.3, -0.25) is 4.79 Å². The van der Waals surface area contributed by atoms with Crippen molar-refractivity contribution < 1.29 is 9.22 Å². The third kappa shape index (κ3) is 6.26. The van der Waals surface area contributed by atoms with Gasteiger partial charge >= 0.3 is 0 Å². The van der Waals surface area contributed by atoms with Crippen molar-refractivity contribution in [3.05, 3.63) is 88.0 Å². The van der Waals surface area contributed by atoms with Crippen LogP contribution in [0.2, 0.25) is 23.3 Å². The van der Waals surface area contributed by atoms with Crippen molar-refractivity contribution in [2.24, 2.45) is 0 Å². The van der Waals surface area contributed by atoms with Gasteiger partial charge in [-0.15, -0.1) is 0 Å². The molecule has 4 nitrogen and oxygen atoms in total. The van der Waals surface area contributed by atoms with Crippen LogP contribution in [0.25, 0.3) is 0 Å². The first-order chi connectivity index (χ1) is 16.0. The van der Waals surface area contributed by atoms with E-state index in [4.69, 9.17) is 21.0 Å². The van der Waals surface area contributed by atoms with Gasteiger partial charge in [-0.25, -0.2) is 4.98 Å². The molecule has 0 amide bonds. The number of carbonyl (C=O) groups excluding carboxylic acids is 1. The summed E-state index contributed by atoms with van der Waals surface area (Å²) in [6.45, 7) is 14.5. The van der Waals surface area contributed by atoms with Gasteiger partial charge in [-0.1, -0.05) is 100 Å². The van der Waals surface area contributed by atoms with Crippen LogP contribution in [0.4, 0.5) is 0 Å². The van der Waals surface area contributed by atoms with E-state index in [1.54, 1.807) is 0 Å². The molecule has 2 aromatic carbocycles. The van der Waals surface area contributed by atoms with E-state index in [-0.39, 0.29) is 10.8 Å².